The Bertz CT molecular complexity index is 637. The van der Waals surface area contributed by atoms with Crippen LogP contribution in [0.3, 0.4) is 0 Å². The van der Waals surface area contributed by atoms with Crippen LogP contribution < -0.4 is 0 Å². The molecule has 4 heteroatoms. The number of hydrogen-bond donors (Lipinski definition) is 3. The van der Waals surface area contributed by atoms with E-state index in [0.717, 1.165) is 19.3 Å². The Hall–Kier alpha value is -1.75. The van der Waals surface area contributed by atoms with E-state index in [9.17, 15) is 20.1 Å². The van der Waals surface area contributed by atoms with E-state index in [1.54, 1.807) is 13.0 Å². The van der Waals surface area contributed by atoms with Gasteiger partial charge in [0.25, 0.3) is 0 Å². The molecule has 5 atom stereocenters. The Balaban J connectivity index is 1.82. The monoisotopic (exact) mass is 386 g/mol. The van der Waals surface area contributed by atoms with Crippen LogP contribution in [0, 0.1) is 11.8 Å². The number of ketones is 1. The van der Waals surface area contributed by atoms with Gasteiger partial charge in [-0.15, -0.1) is 0 Å². The third kappa shape index (κ3) is 7.70. The van der Waals surface area contributed by atoms with E-state index in [1.165, 1.54) is 5.56 Å². The van der Waals surface area contributed by atoms with Gasteiger partial charge in [-0.05, 0) is 50.5 Å². The lowest BCUT2D eigenvalue weighted by molar-refractivity contribution is -0.117. The highest BCUT2D eigenvalue weighted by atomic mass is 16.3. The van der Waals surface area contributed by atoms with E-state index in [-0.39, 0.29) is 17.6 Å². The number of carbonyl (C=O) groups is 1. The van der Waals surface area contributed by atoms with Gasteiger partial charge >= 0.3 is 0 Å². The van der Waals surface area contributed by atoms with Crippen LogP contribution in [0.4, 0.5) is 0 Å². The smallest absolute Gasteiger partial charge is 0.129 e. The normalized spacial score (nSPS) is 26.3. The van der Waals surface area contributed by atoms with Crippen LogP contribution in [0.15, 0.2) is 54.6 Å². The molecule has 2 rings (SSSR count). The Labute approximate surface area is 168 Å². The maximum absolute atomic E-state index is 10.9. The van der Waals surface area contributed by atoms with Gasteiger partial charge in [-0.3, -0.25) is 0 Å². The quantitative estimate of drug-likeness (QED) is 0.401. The fourth-order valence-corrected chi connectivity index (χ4v) is 3.86. The minimum Gasteiger partial charge on any atom is -0.393 e. The average molecular weight is 387 g/mol. The Morgan fingerprint density at radius 3 is 2.64 bits per heavy atom. The predicted molar refractivity (Wildman–Crippen MR) is 112 cm³/mol. The summed E-state index contributed by atoms with van der Waals surface area (Å²) in [5.74, 6) is 0.0126. The summed E-state index contributed by atoms with van der Waals surface area (Å²) < 4.78 is 0. The van der Waals surface area contributed by atoms with Crippen molar-refractivity contribution in [3.63, 3.8) is 0 Å². The summed E-state index contributed by atoms with van der Waals surface area (Å²) >= 11 is 0. The fourth-order valence-electron chi connectivity index (χ4n) is 3.86. The van der Waals surface area contributed by atoms with Crippen LogP contribution >= 0.6 is 0 Å². The fraction of sp³-hybridized carbons (Fsp3) is 0.542. The first-order chi connectivity index (χ1) is 13.5. The van der Waals surface area contributed by atoms with Crippen LogP contribution in [-0.4, -0.2) is 39.4 Å². The second-order valence-corrected chi connectivity index (χ2v) is 7.89. The van der Waals surface area contributed by atoms with Crippen molar-refractivity contribution in [2.75, 3.05) is 0 Å². The summed E-state index contributed by atoms with van der Waals surface area (Å²) in [6, 6.07) is 10.1. The number of unbranched alkanes of at least 4 members (excludes halogenated alkanes) is 1. The molecule has 1 fully saturated rings. The van der Waals surface area contributed by atoms with Crippen LogP contribution in [0.2, 0.25) is 0 Å². The van der Waals surface area contributed by atoms with Crippen molar-refractivity contribution in [2.24, 2.45) is 11.8 Å². The SMILES string of the molecule is CC(=O)CCC/C=C\C[C@@H]1[C@@H](C=C[C@@H](O)CCc2ccccc2)[C@H](O)C[C@@H]1O. The lowest BCUT2D eigenvalue weighted by Gasteiger charge is -2.19. The van der Waals surface area contributed by atoms with E-state index in [1.807, 2.05) is 42.5 Å². The summed E-state index contributed by atoms with van der Waals surface area (Å²) in [6.07, 6.45) is 10.8. The maximum Gasteiger partial charge on any atom is 0.129 e. The molecule has 0 amide bonds. The zero-order valence-electron chi connectivity index (χ0n) is 16.8. The number of benzene rings is 1. The molecule has 3 N–H and O–H groups in total. The summed E-state index contributed by atoms with van der Waals surface area (Å²) in [4.78, 5) is 10.9. The molecule has 0 bridgehead atoms. The van der Waals surface area contributed by atoms with Crippen molar-refractivity contribution in [1.29, 1.82) is 0 Å². The third-order valence-corrected chi connectivity index (χ3v) is 5.52. The highest BCUT2D eigenvalue weighted by molar-refractivity contribution is 5.75. The van der Waals surface area contributed by atoms with E-state index in [0.29, 0.717) is 25.7 Å². The van der Waals surface area contributed by atoms with Gasteiger partial charge in [0.15, 0.2) is 0 Å². The largest absolute Gasteiger partial charge is 0.393 e. The third-order valence-electron chi connectivity index (χ3n) is 5.52. The summed E-state index contributed by atoms with van der Waals surface area (Å²) in [5.41, 5.74) is 1.19. The zero-order chi connectivity index (χ0) is 20.4. The minimum absolute atomic E-state index is 0.0448. The molecular formula is C24H34O4. The lowest BCUT2D eigenvalue weighted by atomic mass is 9.89. The molecule has 1 saturated carbocycles. The second-order valence-electron chi connectivity index (χ2n) is 7.89. The molecule has 0 spiro atoms. The number of aryl methyl sites for hydroxylation is 1. The number of Topliss-reactive ketones (excluding diaryl/α,β-unsaturated/α-hetero) is 1. The number of aliphatic hydroxyl groups is 3. The van der Waals surface area contributed by atoms with Gasteiger partial charge in [-0.25, -0.2) is 0 Å². The number of allylic oxidation sites excluding steroid dienone is 2. The maximum atomic E-state index is 10.9. The van der Waals surface area contributed by atoms with Gasteiger partial charge in [0.05, 0.1) is 18.3 Å². The van der Waals surface area contributed by atoms with Crippen molar-refractivity contribution in [3.05, 3.63) is 60.2 Å². The van der Waals surface area contributed by atoms with Crippen molar-refractivity contribution in [2.45, 2.75) is 70.2 Å². The van der Waals surface area contributed by atoms with Crippen LogP contribution in [-0.2, 0) is 11.2 Å². The lowest BCUT2D eigenvalue weighted by Crippen LogP contribution is -2.20. The topological polar surface area (TPSA) is 77.8 Å². The number of hydrogen-bond acceptors (Lipinski definition) is 4. The van der Waals surface area contributed by atoms with Crippen LogP contribution in [0.25, 0.3) is 0 Å². The number of carbonyl (C=O) groups excluding carboxylic acids is 1. The summed E-state index contributed by atoms with van der Waals surface area (Å²) in [6.45, 7) is 1.60. The van der Waals surface area contributed by atoms with Gasteiger partial charge in [0.1, 0.15) is 5.78 Å². The predicted octanol–water partition coefficient (Wildman–Crippen LogP) is 3.60. The molecule has 0 unspecified atom stereocenters. The summed E-state index contributed by atoms with van der Waals surface area (Å²) in [7, 11) is 0. The number of aliphatic hydroxyl groups excluding tert-OH is 3. The molecule has 1 aromatic carbocycles. The van der Waals surface area contributed by atoms with Gasteiger partial charge in [-0.1, -0.05) is 54.6 Å². The van der Waals surface area contributed by atoms with Gasteiger partial charge < -0.3 is 20.1 Å². The molecule has 1 aromatic rings. The number of rotatable bonds is 11. The van der Waals surface area contributed by atoms with Crippen molar-refractivity contribution >= 4 is 5.78 Å². The molecule has 0 saturated heterocycles. The molecule has 154 valence electrons. The Morgan fingerprint density at radius 1 is 1.18 bits per heavy atom. The molecule has 1 aliphatic rings. The molecule has 28 heavy (non-hydrogen) atoms. The molecular weight excluding hydrogens is 352 g/mol. The standard InChI is InChI=1S/C24H34O4/c1-18(25)9-5-2-3-8-12-21-22(24(28)17-23(21)27)16-15-20(26)14-13-19-10-6-4-7-11-19/h3-4,6-8,10-11,15-16,20-24,26-28H,2,5,9,12-14,17H2,1H3/b8-3-,16-15?/t20-,21+,22+,23-,24+/m0/s1. The van der Waals surface area contributed by atoms with Crippen molar-refractivity contribution in [3.8, 4) is 0 Å². The molecule has 0 heterocycles. The second kappa shape index (κ2) is 11.9. The van der Waals surface area contributed by atoms with Gasteiger partial charge in [0, 0.05) is 18.8 Å². The zero-order valence-corrected chi connectivity index (χ0v) is 16.8. The first kappa shape index (κ1) is 22.5. The van der Waals surface area contributed by atoms with Crippen molar-refractivity contribution in [1.82, 2.24) is 0 Å². The van der Waals surface area contributed by atoms with E-state index in [4.69, 9.17) is 0 Å². The van der Waals surface area contributed by atoms with Crippen LogP contribution in [0.5, 0.6) is 0 Å². The molecule has 0 aromatic heterocycles. The Kier molecular flexibility index (Phi) is 9.62. The minimum atomic E-state index is -0.580. The average Bonchev–Trinajstić information content (AvgIpc) is 2.94. The highest BCUT2D eigenvalue weighted by Crippen LogP contribution is 2.36. The molecule has 0 radical (unpaired) electrons. The van der Waals surface area contributed by atoms with E-state index >= 15 is 0 Å². The first-order valence-corrected chi connectivity index (χ1v) is 10.4. The highest BCUT2D eigenvalue weighted by Gasteiger charge is 2.39. The van der Waals surface area contributed by atoms with Crippen LogP contribution in [0.1, 0.15) is 51.0 Å². The van der Waals surface area contributed by atoms with Crippen molar-refractivity contribution < 1.29 is 20.1 Å². The molecule has 4 nitrogen and oxygen atoms in total. The Morgan fingerprint density at radius 2 is 1.93 bits per heavy atom. The van der Waals surface area contributed by atoms with E-state index in [2.05, 4.69) is 6.08 Å². The van der Waals surface area contributed by atoms with Gasteiger partial charge in [0.2, 0.25) is 0 Å². The van der Waals surface area contributed by atoms with Gasteiger partial charge in [-0.2, -0.15) is 0 Å². The van der Waals surface area contributed by atoms with E-state index < -0.39 is 18.3 Å². The summed E-state index contributed by atoms with van der Waals surface area (Å²) in [5, 5.41) is 30.8. The first-order valence-electron chi connectivity index (χ1n) is 10.4. The molecule has 0 aliphatic heterocycles. The molecule has 1 aliphatic carbocycles.